The number of oxazole rings is 1. The molecule has 7 nitrogen and oxygen atoms in total. The summed E-state index contributed by atoms with van der Waals surface area (Å²) in [5.74, 6) is -0.0668. The molecule has 0 saturated heterocycles. The third-order valence-electron chi connectivity index (χ3n) is 4.21. The van der Waals surface area contributed by atoms with E-state index in [1.54, 1.807) is 37.4 Å². The number of aromatic nitrogens is 1. The number of rotatable bonds is 7. The Morgan fingerprint density at radius 1 is 1.10 bits per heavy atom. The predicted molar refractivity (Wildman–Crippen MR) is 107 cm³/mol. The maximum Gasteiger partial charge on any atom is 0.319 e. The Balaban J connectivity index is 1.51. The van der Waals surface area contributed by atoms with Gasteiger partial charge in [0.1, 0.15) is 12.1 Å². The van der Waals surface area contributed by atoms with Crippen molar-refractivity contribution < 1.29 is 18.4 Å². The van der Waals surface area contributed by atoms with Crippen molar-refractivity contribution in [1.82, 2.24) is 15.6 Å². The Morgan fingerprint density at radius 3 is 2.62 bits per heavy atom. The van der Waals surface area contributed by atoms with E-state index in [4.69, 9.17) is 4.42 Å². The Kier molecular flexibility index (Phi) is 6.57. The fourth-order valence-corrected chi connectivity index (χ4v) is 2.68. The highest BCUT2D eigenvalue weighted by molar-refractivity contribution is 5.91. The Labute approximate surface area is 167 Å². The van der Waals surface area contributed by atoms with Crippen LogP contribution in [0.15, 0.2) is 59.2 Å². The second-order valence-corrected chi connectivity index (χ2v) is 6.29. The van der Waals surface area contributed by atoms with E-state index < -0.39 is 0 Å². The molecule has 1 aromatic heterocycles. The molecule has 1 heterocycles. The lowest BCUT2D eigenvalue weighted by atomic mass is 10.1. The molecular formula is C21H21FN4O3. The van der Waals surface area contributed by atoms with Gasteiger partial charge in [0.25, 0.3) is 0 Å². The summed E-state index contributed by atoms with van der Waals surface area (Å²) in [6, 6.07) is 12.6. The predicted octanol–water partition coefficient (Wildman–Crippen LogP) is 3.13. The van der Waals surface area contributed by atoms with Crippen LogP contribution < -0.4 is 16.0 Å². The van der Waals surface area contributed by atoms with Crippen LogP contribution in [0, 0.1) is 5.82 Å². The molecule has 0 aliphatic heterocycles. The van der Waals surface area contributed by atoms with Crippen LogP contribution in [0.2, 0.25) is 0 Å². The van der Waals surface area contributed by atoms with Gasteiger partial charge in [0.2, 0.25) is 11.8 Å². The Hall–Kier alpha value is -3.68. The first-order chi connectivity index (χ1) is 14.0. The summed E-state index contributed by atoms with van der Waals surface area (Å²) in [5, 5.41) is 8.06. The summed E-state index contributed by atoms with van der Waals surface area (Å²) in [6.07, 6.45) is 2.16. The van der Waals surface area contributed by atoms with Crippen molar-refractivity contribution in [3.8, 4) is 11.5 Å². The smallest absolute Gasteiger partial charge is 0.319 e. The first-order valence-corrected chi connectivity index (χ1v) is 9.09. The molecule has 0 unspecified atom stereocenters. The van der Waals surface area contributed by atoms with Crippen molar-refractivity contribution in [3.63, 3.8) is 0 Å². The molecule has 0 aliphatic carbocycles. The monoisotopic (exact) mass is 396 g/mol. The molecular weight excluding hydrogens is 375 g/mol. The van der Waals surface area contributed by atoms with E-state index in [1.807, 2.05) is 6.07 Å². The van der Waals surface area contributed by atoms with Crippen LogP contribution in [0.4, 0.5) is 14.9 Å². The van der Waals surface area contributed by atoms with Crippen molar-refractivity contribution in [2.24, 2.45) is 0 Å². The van der Waals surface area contributed by atoms with Gasteiger partial charge in [-0.15, -0.1) is 0 Å². The van der Waals surface area contributed by atoms with Gasteiger partial charge < -0.3 is 20.4 Å². The van der Waals surface area contributed by atoms with Gasteiger partial charge in [-0.3, -0.25) is 4.79 Å². The largest absolute Gasteiger partial charge is 0.444 e. The summed E-state index contributed by atoms with van der Waals surface area (Å²) in [7, 11) is 1.57. The second-order valence-electron chi connectivity index (χ2n) is 6.29. The minimum Gasteiger partial charge on any atom is -0.444 e. The molecule has 3 aromatic rings. The van der Waals surface area contributed by atoms with Crippen molar-refractivity contribution in [2.45, 2.75) is 12.8 Å². The molecule has 0 fully saturated rings. The van der Waals surface area contributed by atoms with E-state index in [0.29, 0.717) is 35.8 Å². The van der Waals surface area contributed by atoms with Gasteiger partial charge in [0.05, 0.1) is 12.1 Å². The lowest BCUT2D eigenvalue weighted by Crippen LogP contribution is -2.31. The highest BCUT2D eigenvalue weighted by atomic mass is 19.1. The van der Waals surface area contributed by atoms with Gasteiger partial charge in [-0.1, -0.05) is 18.2 Å². The summed E-state index contributed by atoms with van der Waals surface area (Å²) in [6.45, 7) is 0.346. The maximum atomic E-state index is 13.0. The van der Waals surface area contributed by atoms with Crippen molar-refractivity contribution in [2.75, 3.05) is 18.9 Å². The number of nitrogens with zero attached hydrogens (tertiary/aromatic N) is 1. The van der Waals surface area contributed by atoms with Crippen LogP contribution in [0.25, 0.3) is 11.5 Å². The van der Waals surface area contributed by atoms with Gasteiger partial charge in [-0.05, 0) is 35.9 Å². The van der Waals surface area contributed by atoms with Crippen LogP contribution in [-0.2, 0) is 17.6 Å². The Bertz CT molecular complexity index is 986. The molecule has 0 bridgehead atoms. The lowest BCUT2D eigenvalue weighted by molar-refractivity contribution is -0.119. The molecule has 150 valence electrons. The number of carbonyl (C=O) groups excluding carboxylic acids is 2. The molecule has 29 heavy (non-hydrogen) atoms. The molecule has 2 aromatic carbocycles. The SMILES string of the molecule is CNC(=O)Cc1ccccc1NC(=O)NCCc1coc(-c2ccc(F)cc2)n1. The third kappa shape index (κ3) is 5.65. The number of nitrogens with one attached hydrogen (secondary N) is 3. The number of hydrogen-bond acceptors (Lipinski definition) is 4. The van der Waals surface area contributed by atoms with E-state index >= 15 is 0 Å². The zero-order chi connectivity index (χ0) is 20.6. The average Bonchev–Trinajstić information content (AvgIpc) is 3.19. The highest BCUT2D eigenvalue weighted by Gasteiger charge is 2.10. The van der Waals surface area contributed by atoms with Gasteiger partial charge in [0.15, 0.2) is 0 Å². The number of urea groups is 1. The maximum absolute atomic E-state index is 13.0. The number of carbonyl (C=O) groups is 2. The number of likely N-dealkylation sites (N-methyl/N-ethyl adjacent to an activating group) is 1. The number of anilines is 1. The molecule has 3 amide bonds. The molecule has 3 rings (SSSR count). The van der Waals surface area contributed by atoms with E-state index in [9.17, 15) is 14.0 Å². The summed E-state index contributed by atoms with van der Waals surface area (Å²) >= 11 is 0. The first kappa shape index (κ1) is 20.1. The zero-order valence-corrected chi connectivity index (χ0v) is 15.9. The van der Waals surface area contributed by atoms with Crippen molar-refractivity contribution in [3.05, 3.63) is 71.9 Å². The van der Waals surface area contributed by atoms with E-state index in [2.05, 4.69) is 20.9 Å². The minimum atomic E-state index is -0.378. The average molecular weight is 396 g/mol. The number of para-hydroxylation sites is 1. The molecule has 0 saturated carbocycles. The summed E-state index contributed by atoms with van der Waals surface area (Å²) in [4.78, 5) is 28.1. The molecule has 0 spiro atoms. The number of halogens is 1. The zero-order valence-electron chi connectivity index (χ0n) is 15.9. The van der Waals surface area contributed by atoms with Crippen LogP contribution in [-0.4, -0.2) is 30.5 Å². The molecule has 0 atom stereocenters. The van der Waals surface area contributed by atoms with Gasteiger partial charge in [0, 0.05) is 31.3 Å². The number of hydrogen-bond donors (Lipinski definition) is 3. The lowest BCUT2D eigenvalue weighted by Gasteiger charge is -2.11. The minimum absolute atomic E-state index is 0.136. The highest BCUT2D eigenvalue weighted by Crippen LogP contribution is 2.19. The Morgan fingerprint density at radius 2 is 1.86 bits per heavy atom. The molecule has 0 aliphatic rings. The van der Waals surface area contributed by atoms with Crippen LogP contribution >= 0.6 is 0 Å². The fraction of sp³-hybridized carbons (Fsp3) is 0.190. The topological polar surface area (TPSA) is 96.3 Å². The summed E-state index contributed by atoms with van der Waals surface area (Å²) < 4.78 is 18.4. The fourth-order valence-electron chi connectivity index (χ4n) is 2.68. The van der Waals surface area contributed by atoms with Crippen molar-refractivity contribution >= 4 is 17.6 Å². The molecule has 0 radical (unpaired) electrons. The van der Waals surface area contributed by atoms with Gasteiger partial charge >= 0.3 is 6.03 Å². The number of benzene rings is 2. The quantitative estimate of drug-likeness (QED) is 0.572. The first-order valence-electron chi connectivity index (χ1n) is 9.09. The van der Waals surface area contributed by atoms with E-state index in [1.165, 1.54) is 18.4 Å². The van der Waals surface area contributed by atoms with Gasteiger partial charge in [-0.2, -0.15) is 0 Å². The standard InChI is InChI=1S/C21H21FN4O3/c1-23-19(27)12-15-4-2-3-5-18(15)26-21(28)24-11-10-17-13-29-20(25-17)14-6-8-16(22)9-7-14/h2-9,13H,10-12H2,1H3,(H,23,27)(H2,24,26,28). The number of amides is 3. The molecule has 8 heteroatoms. The van der Waals surface area contributed by atoms with Crippen molar-refractivity contribution in [1.29, 1.82) is 0 Å². The van der Waals surface area contributed by atoms with Crippen LogP contribution in [0.5, 0.6) is 0 Å². The van der Waals surface area contributed by atoms with Gasteiger partial charge in [-0.25, -0.2) is 14.2 Å². The summed E-state index contributed by atoms with van der Waals surface area (Å²) in [5.41, 5.74) is 2.65. The molecule has 3 N–H and O–H groups in total. The van der Waals surface area contributed by atoms with E-state index in [-0.39, 0.29) is 24.2 Å². The van der Waals surface area contributed by atoms with E-state index in [0.717, 1.165) is 5.56 Å². The second kappa shape index (κ2) is 9.50. The normalized spacial score (nSPS) is 10.4. The third-order valence-corrected chi connectivity index (χ3v) is 4.21. The van der Waals surface area contributed by atoms with Crippen LogP contribution in [0.3, 0.4) is 0 Å². The van der Waals surface area contributed by atoms with Crippen LogP contribution in [0.1, 0.15) is 11.3 Å².